The van der Waals surface area contributed by atoms with Crippen molar-refractivity contribution in [2.45, 2.75) is 37.8 Å². The van der Waals surface area contributed by atoms with Crippen LogP contribution in [0.1, 0.15) is 0 Å². The number of rotatable bonds is 5. The molecule has 1 rings (SSSR count). The molecule has 0 spiro atoms. The second-order valence-corrected chi connectivity index (χ2v) is 12.0. The molecule has 0 unspecified atom stereocenters. The number of thioether (sulfide) groups is 1. The lowest BCUT2D eigenvalue weighted by Crippen LogP contribution is -2.20. The Kier molecular flexibility index (Phi) is 4.96. The monoisotopic (exact) mass is 244 g/mol. The lowest BCUT2D eigenvalue weighted by atomic mass is 10.0. The highest BCUT2D eigenvalue weighted by Crippen LogP contribution is 2.29. The fourth-order valence-corrected chi connectivity index (χ4v) is 5.06. The first-order valence-electron chi connectivity index (χ1n) is 5.53. The fraction of sp³-hybridized carbons (Fsp3) is 0.800. The average Bonchev–Trinajstić information content (AvgIpc) is 2.45. The van der Waals surface area contributed by atoms with Crippen molar-refractivity contribution in [2.75, 3.05) is 12.4 Å². The van der Waals surface area contributed by atoms with Crippen molar-refractivity contribution in [1.29, 1.82) is 0 Å². The molecular formula is C10H21BO2SSi. The zero-order valence-electron chi connectivity index (χ0n) is 10.1. The summed E-state index contributed by atoms with van der Waals surface area (Å²) in [5.41, 5.74) is 0. The van der Waals surface area contributed by atoms with Gasteiger partial charge in [0.25, 0.3) is 0 Å². The summed E-state index contributed by atoms with van der Waals surface area (Å²) in [7, 11) is 1.14. The second-order valence-electron chi connectivity index (χ2n) is 5.23. The summed E-state index contributed by atoms with van der Waals surface area (Å²) in [6.07, 6.45) is 1.99. The van der Waals surface area contributed by atoms with Gasteiger partial charge in [0.15, 0.2) is 0 Å². The number of hydrogen-bond donors (Lipinski definition) is 1. The second kappa shape index (κ2) is 5.57. The highest BCUT2D eigenvalue weighted by molar-refractivity contribution is 8.03. The van der Waals surface area contributed by atoms with Crippen LogP contribution in [0, 0.1) is 0 Å². The van der Waals surface area contributed by atoms with Gasteiger partial charge in [-0.15, -0.1) is 11.8 Å². The predicted octanol–water partition coefficient (Wildman–Crippen LogP) is 1.29. The van der Waals surface area contributed by atoms with E-state index in [1.54, 1.807) is 0 Å². The molecule has 5 heteroatoms. The van der Waals surface area contributed by atoms with Gasteiger partial charge >= 0.3 is 0 Å². The van der Waals surface area contributed by atoms with Crippen LogP contribution in [0.25, 0.3) is 0 Å². The van der Waals surface area contributed by atoms with Crippen LogP contribution in [-0.4, -0.2) is 45.5 Å². The van der Waals surface area contributed by atoms with Crippen molar-refractivity contribution in [2.24, 2.45) is 0 Å². The van der Waals surface area contributed by atoms with E-state index in [-0.39, 0.29) is 18.7 Å². The van der Waals surface area contributed by atoms with E-state index in [9.17, 15) is 0 Å². The normalized spacial score (nSPS) is 26.8. The van der Waals surface area contributed by atoms with E-state index >= 15 is 0 Å². The van der Waals surface area contributed by atoms with E-state index in [4.69, 9.17) is 9.84 Å². The predicted molar refractivity (Wildman–Crippen MR) is 73.0 cm³/mol. The Bertz CT molecular complexity index is 240. The maximum absolute atomic E-state index is 8.98. The Morgan fingerprint density at radius 2 is 2.20 bits per heavy atom. The molecule has 2 atom stereocenters. The minimum Gasteiger partial charge on any atom is -0.393 e. The molecule has 0 aromatic rings. The first-order chi connectivity index (χ1) is 6.92. The lowest BCUT2D eigenvalue weighted by Gasteiger charge is -2.16. The minimum absolute atomic E-state index is 0.0746. The van der Waals surface area contributed by atoms with Crippen molar-refractivity contribution in [1.82, 2.24) is 0 Å². The number of ether oxygens (including phenoxy) is 1. The van der Waals surface area contributed by atoms with Gasteiger partial charge in [-0.1, -0.05) is 19.6 Å². The fourth-order valence-electron chi connectivity index (χ4n) is 1.42. The van der Waals surface area contributed by atoms with Gasteiger partial charge in [0.1, 0.15) is 7.85 Å². The molecule has 1 N–H and O–H groups in total. The van der Waals surface area contributed by atoms with E-state index in [0.29, 0.717) is 0 Å². The van der Waals surface area contributed by atoms with Crippen LogP contribution in [0.3, 0.4) is 0 Å². The molecule has 86 valence electrons. The van der Waals surface area contributed by atoms with E-state index in [0.717, 1.165) is 0 Å². The molecule has 0 aromatic heterocycles. The molecule has 0 amide bonds. The van der Waals surface area contributed by atoms with E-state index in [2.05, 4.69) is 33.6 Å². The third-order valence-corrected chi connectivity index (χ3v) is 5.75. The first-order valence-corrected chi connectivity index (χ1v) is 10.2. The van der Waals surface area contributed by atoms with Gasteiger partial charge in [-0.3, -0.25) is 0 Å². The quantitative estimate of drug-likeness (QED) is 0.739. The molecule has 1 heterocycles. The average molecular weight is 244 g/mol. The molecule has 0 bridgehead atoms. The maximum atomic E-state index is 8.98. The summed E-state index contributed by atoms with van der Waals surface area (Å²) in [5.74, 6) is 1.19. The molecule has 1 aliphatic heterocycles. The number of hydrogen-bond acceptors (Lipinski definition) is 3. The van der Waals surface area contributed by atoms with Crippen molar-refractivity contribution in [3.05, 3.63) is 11.0 Å². The smallest absolute Gasteiger partial charge is 0.145 e. The summed E-state index contributed by atoms with van der Waals surface area (Å²) < 4.78 is 5.55. The molecule has 1 aliphatic rings. The molecule has 2 nitrogen and oxygen atoms in total. The van der Waals surface area contributed by atoms with Gasteiger partial charge in [0, 0.05) is 13.0 Å². The first kappa shape index (κ1) is 13.4. The molecule has 0 aromatic carbocycles. The summed E-state index contributed by atoms with van der Waals surface area (Å²) in [6, 6.07) is 1.51. The van der Waals surface area contributed by atoms with Crippen molar-refractivity contribution in [3.63, 3.8) is 0 Å². The summed E-state index contributed by atoms with van der Waals surface area (Å²) in [4.78, 5) is 1.30. The van der Waals surface area contributed by atoms with E-state index in [1.165, 1.54) is 16.7 Å². The van der Waals surface area contributed by atoms with Crippen LogP contribution in [-0.2, 0) is 4.74 Å². The van der Waals surface area contributed by atoms with Gasteiger partial charge < -0.3 is 9.84 Å². The highest BCUT2D eigenvalue weighted by atomic mass is 32.2. The van der Waals surface area contributed by atoms with Gasteiger partial charge in [-0.25, -0.2) is 0 Å². The number of aliphatic hydroxyl groups is 1. The van der Waals surface area contributed by atoms with Gasteiger partial charge in [0.2, 0.25) is 0 Å². The molecule has 0 fully saturated rings. The third kappa shape index (κ3) is 4.76. The van der Waals surface area contributed by atoms with E-state index in [1.807, 2.05) is 11.8 Å². The Labute approximate surface area is 98.9 Å². The standard InChI is InChI=1S/C10H21BO2SSi/c1-15(2,3)5-4-14-9-6-8(7-12)13-10(9)11/h6,8,10,12H,4-5,7,11H2,1-3H3/t8-,10+/m0/s1. The topological polar surface area (TPSA) is 29.5 Å². The highest BCUT2D eigenvalue weighted by Gasteiger charge is 2.23. The Morgan fingerprint density at radius 1 is 1.53 bits per heavy atom. The van der Waals surface area contributed by atoms with E-state index < -0.39 is 8.07 Å². The SMILES string of the molecule is B[C@@H]1O[C@H](CO)C=C1SCC[Si](C)(C)C. The zero-order chi connectivity index (χ0) is 11.5. The van der Waals surface area contributed by atoms with Crippen molar-refractivity contribution >= 4 is 27.7 Å². The van der Waals surface area contributed by atoms with Crippen LogP contribution < -0.4 is 0 Å². The molecular weight excluding hydrogens is 223 g/mol. The van der Waals surface area contributed by atoms with Crippen LogP contribution in [0.4, 0.5) is 0 Å². The minimum atomic E-state index is -0.915. The summed E-state index contributed by atoms with van der Waals surface area (Å²) in [5, 5.41) is 8.98. The third-order valence-electron chi connectivity index (χ3n) is 2.43. The summed E-state index contributed by atoms with van der Waals surface area (Å²) in [6.45, 7) is 7.29. The van der Waals surface area contributed by atoms with Crippen LogP contribution in [0.5, 0.6) is 0 Å². The lowest BCUT2D eigenvalue weighted by molar-refractivity contribution is 0.0574. The van der Waals surface area contributed by atoms with Crippen LogP contribution in [0.15, 0.2) is 11.0 Å². The molecule has 15 heavy (non-hydrogen) atoms. The number of aliphatic hydroxyl groups excluding tert-OH is 1. The van der Waals surface area contributed by atoms with Crippen LogP contribution in [0.2, 0.25) is 25.7 Å². The Balaban J connectivity index is 2.32. The molecule has 0 radical (unpaired) electrons. The molecule has 0 aliphatic carbocycles. The Morgan fingerprint density at radius 3 is 2.67 bits per heavy atom. The molecule has 0 saturated carbocycles. The van der Waals surface area contributed by atoms with Crippen molar-refractivity contribution < 1.29 is 9.84 Å². The molecule has 0 saturated heterocycles. The maximum Gasteiger partial charge on any atom is 0.145 e. The van der Waals surface area contributed by atoms with Gasteiger partial charge in [-0.05, 0) is 17.9 Å². The zero-order valence-corrected chi connectivity index (χ0v) is 11.9. The van der Waals surface area contributed by atoms with Gasteiger partial charge in [-0.2, -0.15) is 0 Å². The van der Waals surface area contributed by atoms with Gasteiger partial charge in [0.05, 0.1) is 18.7 Å². The summed E-state index contributed by atoms with van der Waals surface area (Å²) >= 11 is 1.90. The van der Waals surface area contributed by atoms with Crippen LogP contribution >= 0.6 is 11.8 Å². The van der Waals surface area contributed by atoms with Crippen molar-refractivity contribution in [3.8, 4) is 0 Å². The largest absolute Gasteiger partial charge is 0.393 e. The Hall–Kier alpha value is 0.292.